The van der Waals surface area contributed by atoms with Gasteiger partial charge in [-0.3, -0.25) is 9.59 Å². The van der Waals surface area contributed by atoms with E-state index in [0.717, 1.165) is 12.8 Å². The Labute approximate surface area is 110 Å². The lowest BCUT2D eigenvalue weighted by atomic mass is 10.2. The number of likely N-dealkylation sites (tertiary alicyclic amines) is 1. The summed E-state index contributed by atoms with van der Waals surface area (Å²) < 4.78 is 13.0. The average Bonchev–Trinajstić information content (AvgIpc) is 3.14. The van der Waals surface area contributed by atoms with Gasteiger partial charge in [0.2, 0.25) is 5.91 Å². The molecule has 0 unspecified atom stereocenters. The minimum absolute atomic E-state index is 0.104. The number of hydrogen-bond donors (Lipinski definition) is 1. The Morgan fingerprint density at radius 1 is 1.37 bits per heavy atom. The maximum Gasteiger partial charge on any atom is 0.251 e. The van der Waals surface area contributed by atoms with Crippen LogP contribution in [0.4, 0.5) is 4.39 Å². The number of halogens is 1. The molecule has 1 saturated carbocycles. The summed E-state index contributed by atoms with van der Waals surface area (Å²) in [5, 5.41) is 2.80. The van der Waals surface area contributed by atoms with Gasteiger partial charge in [0.1, 0.15) is 5.82 Å². The number of nitrogens with zero attached hydrogens (tertiary/aromatic N) is 1. The van der Waals surface area contributed by atoms with Crippen molar-refractivity contribution in [3.8, 4) is 0 Å². The normalized spacial score (nSPS) is 22.7. The van der Waals surface area contributed by atoms with Crippen molar-refractivity contribution >= 4 is 11.8 Å². The van der Waals surface area contributed by atoms with Crippen molar-refractivity contribution in [2.24, 2.45) is 0 Å². The first-order valence-corrected chi connectivity index (χ1v) is 6.49. The van der Waals surface area contributed by atoms with E-state index in [-0.39, 0.29) is 23.4 Å². The van der Waals surface area contributed by atoms with Gasteiger partial charge >= 0.3 is 0 Å². The van der Waals surface area contributed by atoms with E-state index in [1.165, 1.54) is 18.2 Å². The Hall–Kier alpha value is -1.91. The van der Waals surface area contributed by atoms with Crippen molar-refractivity contribution in [1.29, 1.82) is 0 Å². The van der Waals surface area contributed by atoms with Crippen LogP contribution in [0, 0.1) is 5.82 Å². The molecule has 0 aromatic heterocycles. The van der Waals surface area contributed by atoms with Gasteiger partial charge in [-0.1, -0.05) is 6.07 Å². The van der Waals surface area contributed by atoms with E-state index in [1.54, 1.807) is 6.07 Å². The van der Waals surface area contributed by atoms with Gasteiger partial charge in [0.25, 0.3) is 5.91 Å². The molecule has 2 fully saturated rings. The number of benzene rings is 1. The highest BCUT2D eigenvalue weighted by molar-refractivity contribution is 5.95. The van der Waals surface area contributed by atoms with E-state index in [2.05, 4.69) is 5.32 Å². The molecular formula is C14H15FN2O2. The standard InChI is InChI=1S/C14H15FN2O2/c15-10-3-1-2-9(6-10)14(19)16-11-7-13(18)17(8-11)12-4-5-12/h1-3,6,11-12H,4-5,7-8H2,(H,16,19)/t11-/m0/s1. The third-order valence-corrected chi connectivity index (χ3v) is 3.57. The zero-order valence-corrected chi connectivity index (χ0v) is 10.4. The number of rotatable bonds is 3. The number of carbonyl (C=O) groups excluding carboxylic acids is 2. The van der Waals surface area contributed by atoms with Crippen LogP contribution in [-0.2, 0) is 4.79 Å². The van der Waals surface area contributed by atoms with E-state index < -0.39 is 5.82 Å². The minimum Gasteiger partial charge on any atom is -0.347 e. The molecule has 0 bridgehead atoms. The first kappa shape index (κ1) is 12.1. The van der Waals surface area contributed by atoms with Gasteiger partial charge in [-0.25, -0.2) is 4.39 Å². The lowest BCUT2D eigenvalue weighted by molar-refractivity contribution is -0.128. The Kier molecular flexibility index (Phi) is 2.97. The van der Waals surface area contributed by atoms with Gasteiger partial charge in [-0.05, 0) is 31.0 Å². The van der Waals surface area contributed by atoms with Gasteiger partial charge in [0.05, 0.1) is 6.04 Å². The first-order valence-electron chi connectivity index (χ1n) is 6.49. The van der Waals surface area contributed by atoms with Crippen molar-refractivity contribution in [1.82, 2.24) is 10.2 Å². The van der Waals surface area contributed by atoms with E-state index in [4.69, 9.17) is 0 Å². The molecule has 2 aliphatic rings. The molecule has 1 aliphatic carbocycles. The third-order valence-electron chi connectivity index (χ3n) is 3.57. The quantitative estimate of drug-likeness (QED) is 0.893. The molecule has 1 saturated heterocycles. The maximum absolute atomic E-state index is 13.0. The Bertz CT molecular complexity index is 528. The highest BCUT2D eigenvalue weighted by atomic mass is 19.1. The highest BCUT2D eigenvalue weighted by Gasteiger charge is 2.39. The predicted octanol–water partition coefficient (Wildman–Crippen LogP) is 1.32. The van der Waals surface area contributed by atoms with Crippen LogP contribution < -0.4 is 5.32 Å². The number of nitrogens with one attached hydrogen (secondary N) is 1. The molecule has 1 N–H and O–H groups in total. The summed E-state index contributed by atoms with van der Waals surface area (Å²) in [5.41, 5.74) is 0.289. The second-order valence-corrected chi connectivity index (χ2v) is 5.16. The maximum atomic E-state index is 13.0. The fourth-order valence-electron chi connectivity index (χ4n) is 2.47. The summed E-state index contributed by atoms with van der Waals surface area (Å²) in [6.07, 6.45) is 2.48. The van der Waals surface area contributed by atoms with Crippen LogP contribution in [0.3, 0.4) is 0 Å². The molecule has 3 rings (SSSR count). The molecular weight excluding hydrogens is 247 g/mol. The van der Waals surface area contributed by atoms with E-state index >= 15 is 0 Å². The monoisotopic (exact) mass is 262 g/mol. The molecule has 0 spiro atoms. The van der Waals surface area contributed by atoms with Crippen molar-refractivity contribution in [3.63, 3.8) is 0 Å². The molecule has 2 amide bonds. The molecule has 1 aromatic rings. The topological polar surface area (TPSA) is 49.4 Å². The van der Waals surface area contributed by atoms with Gasteiger partial charge < -0.3 is 10.2 Å². The summed E-state index contributed by atoms with van der Waals surface area (Å²) >= 11 is 0. The van der Waals surface area contributed by atoms with E-state index in [1.807, 2.05) is 4.90 Å². The molecule has 19 heavy (non-hydrogen) atoms. The van der Waals surface area contributed by atoms with E-state index in [9.17, 15) is 14.0 Å². The zero-order valence-electron chi connectivity index (χ0n) is 10.4. The van der Waals surface area contributed by atoms with Crippen LogP contribution in [0.1, 0.15) is 29.6 Å². The number of hydrogen-bond acceptors (Lipinski definition) is 2. The SMILES string of the molecule is O=C(N[C@H]1CC(=O)N(C2CC2)C1)c1cccc(F)c1. The minimum atomic E-state index is -0.435. The van der Waals surface area contributed by atoms with E-state index in [0.29, 0.717) is 19.0 Å². The van der Waals surface area contributed by atoms with Gasteiger partial charge in [-0.15, -0.1) is 0 Å². The molecule has 0 radical (unpaired) electrons. The third kappa shape index (κ3) is 2.59. The van der Waals surface area contributed by atoms with Crippen LogP contribution in [0.2, 0.25) is 0 Å². The smallest absolute Gasteiger partial charge is 0.251 e. The molecule has 1 aliphatic heterocycles. The second-order valence-electron chi connectivity index (χ2n) is 5.16. The summed E-state index contributed by atoms with van der Waals surface area (Å²) in [4.78, 5) is 25.5. The van der Waals surface area contributed by atoms with Crippen LogP contribution in [-0.4, -0.2) is 35.3 Å². The molecule has 5 heteroatoms. The first-order chi connectivity index (χ1) is 9.13. The molecule has 1 aromatic carbocycles. The average molecular weight is 262 g/mol. The van der Waals surface area contributed by atoms with Crippen molar-refractivity contribution in [3.05, 3.63) is 35.6 Å². The van der Waals surface area contributed by atoms with Gasteiger partial charge in [0, 0.05) is 24.6 Å². The highest BCUT2D eigenvalue weighted by Crippen LogP contribution is 2.30. The Morgan fingerprint density at radius 3 is 2.84 bits per heavy atom. The lowest BCUT2D eigenvalue weighted by Gasteiger charge is -2.16. The summed E-state index contributed by atoms with van der Waals surface area (Å²) in [7, 11) is 0. The molecule has 100 valence electrons. The van der Waals surface area contributed by atoms with Crippen LogP contribution >= 0.6 is 0 Å². The Balaban J connectivity index is 1.62. The van der Waals surface area contributed by atoms with Crippen molar-refractivity contribution in [2.75, 3.05) is 6.54 Å². The molecule has 4 nitrogen and oxygen atoms in total. The fraction of sp³-hybridized carbons (Fsp3) is 0.429. The second kappa shape index (κ2) is 4.64. The fourth-order valence-corrected chi connectivity index (χ4v) is 2.47. The molecule has 1 heterocycles. The van der Waals surface area contributed by atoms with Gasteiger partial charge in [0.15, 0.2) is 0 Å². The predicted molar refractivity (Wildman–Crippen MR) is 67.0 cm³/mol. The van der Waals surface area contributed by atoms with Crippen LogP contribution in [0.15, 0.2) is 24.3 Å². The summed E-state index contributed by atoms with van der Waals surface area (Å²) in [6, 6.07) is 5.77. The van der Waals surface area contributed by atoms with Crippen LogP contribution in [0.5, 0.6) is 0 Å². The summed E-state index contributed by atoms with van der Waals surface area (Å²) in [6.45, 7) is 0.574. The summed E-state index contributed by atoms with van der Waals surface area (Å²) in [5.74, 6) is -0.656. The lowest BCUT2D eigenvalue weighted by Crippen LogP contribution is -2.37. The number of amides is 2. The molecule has 1 atom stereocenters. The van der Waals surface area contributed by atoms with Crippen molar-refractivity contribution in [2.45, 2.75) is 31.3 Å². The largest absolute Gasteiger partial charge is 0.347 e. The Morgan fingerprint density at radius 2 is 2.16 bits per heavy atom. The van der Waals surface area contributed by atoms with Crippen LogP contribution in [0.25, 0.3) is 0 Å². The van der Waals surface area contributed by atoms with Gasteiger partial charge in [-0.2, -0.15) is 0 Å². The number of carbonyl (C=O) groups is 2. The zero-order chi connectivity index (χ0) is 13.4. The van der Waals surface area contributed by atoms with Crippen molar-refractivity contribution < 1.29 is 14.0 Å².